The molecule has 0 heterocycles. The Morgan fingerprint density at radius 3 is 2.43 bits per heavy atom. The van der Waals surface area contributed by atoms with E-state index in [0.29, 0.717) is 21.8 Å². The number of esters is 1. The maximum Gasteiger partial charge on any atom is 0.337 e. The third-order valence-corrected chi connectivity index (χ3v) is 3.33. The molecule has 0 bridgehead atoms. The standard InChI is InChI=1S/C16H13ClN2O3S/c1-22-15(21)11-3-2-4-13(9-11)18-16(23)19-14(20)10-5-7-12(17)8-6-10/h2-9H,1H3,(H2,18,19,20,23). The molecule has 0 fully saturated rings. The van der Waals surface area contributed by atoms with Crippen LogP contribution in [0.15, 0.2) is 48.5 Å². The Labute approximate surface area is 143 Å². The van der Waals surface area contributed by atoms with Crippen LogP contribution >= 0.6 is 23.8 Å². The topological polar surface area (TPSA) is 67.4 Å². The molecule has 2 aromatic carbocycles. The van der Waals surface area contributed by atoms with Gasteiger partial charge in [-0.15, -0.1) is 0 Å². The fourth-order valence-electron chi connectivity index (χ4n) is 1.78. The predicted molar refractivity (Wildman–Crippen MR) is 92.9 cm³/mol. The maximum atomic E-state index is 12.0. The van der Waals surface area contributed by atoms with Crippen LogP contribution in [0.5, 0.6) is 0 Å². The Balaban J connectivity index is 2.00. The summed E-state index contributed by atoms with van der Waals surface area (Å²) in [5.74, 6) is -0.812. The van der Waals surface area contributed by atoms with Gasteiger partial charge in [-0.3, -0.25) is 10.1 Å². The molecule has 2 rings (SSSR count). The van der Waals surface area contributed by atoms with Gasteiger partial charge in [-0.2, -0.15) is 0 Å². The summed E-state index contributed by atoms with van der Waals surface area (Å²) < 4.78 is 4.65. The van der Waals surface area contributed by atoms with Gasteiger partial charge in [0.1, 0.15) is 0 Å². The minimum absolute atomic E-state index is 0.118. The molecule has 23 heavy (non-hydrogen) atoms. The number of carbonyl (C=O) groups excluding carboxylic acids is 2. The van der Waals surface area contributed by atoms with Gasteiger partial charge in [-0.1, -0.05) is 17.7 Å². The molecule has 0 spiro atoms. The summed E-state index contributed by atoms with van der Waals surface area (Å²) in [5.41, 5.74) is 1.38. The highest BCUT2D eigenvalue weighted by Gasteiger charge is 2.09. The van der Waals surface area contributed by atoms with Gasteiger partial charge in [0, 0.05) is 16.3 Å². The van der Waals surface area contributed by atoms with E-state index < -0.39 is 5.97 Å². The lowest BCUT2D eigenvalue weighted by Gasteiger charge is -2.10. The number of amides is 1. The molecule has 2 aromatic rings. The number of hydrogen-bond acceptors (Lipinski definition) is 4. The highest BCUT2D eigenvalue weighted by Crippen LogP contribution is 2.12. The van der Waals surface area contributed by atoms with Crippen LogP contribution in [0.2, 0.25) is 5.02 Å². The molecule has 0 aliphatic carbocycles. The third-order valence-electron chi connectivity index (χ3n) is 2.88. The SMILES string of the molecule is COC(=O)c1cccc(NC(=S)NC(=O)c2ccc(Cl)cc2)c1. The molecule has 0 radical (unpaired) electrons. The molecule has 118 valence electrons. The molecule has 7 heteroatoms. The molecule has 0 unspecified atom stereocenters. The molecule has 0 saturated carbocycles. The lowest BCUT2D eigenvalue weighted by Crippen LogP contribution is -2.34. The van der Waals surface area contributed by atoms with Crippen LogP contribution in [0.1, 0.15) is 20.7 Å². The van der Waals surface area contributed by atoms with Crippen molar-refractivity contribution < 1.29 is 14.3 Å². The zero-order valence-electron chi connectivity index (χ0n) is 12.1. The lowest BCUT2D eigenvalue weighted by atomic mass is 10.2. The van der Waals surface area contributed by atoms with Crippen LogP contribution in [-0.4, -0.2) is 24.1 Å². The van der Waals surface area contributed by atoms with Crippen molar-refractivity contribution in [1.29, 1.82) is 0 Å². The van der Waals surface area contributed by atoms with E-state index in [4.69, 9.17) is 23.8 Å². The maximum absolute atomic E-state index is 12.0. The number of nitrogens with one attached hydrogen (secondary N) is 2. The van der Waals surface area contributed by atoms with Crippen molar-refractivity contribution in [2.45, 2.75) is 0 Å². The van der Waals surface area contributed by atoms with Gasteiger partial charge in [0.15, 0.2) is 5.11 Å². The molecule has 0 aromatic heterocycles. The van der Waals surface area contributed by atoms with Gasteiger partial charge in [-0.05, 0) is 54.7 Å². The van der Waals surface area contributed by atoms with Crippen molar-refractivity contribution in [2.75, 3.05) is 12.4 Å². The smallest absolute Gasteiger partial charge is 0.337 e. The molecule has 1 amide bonds. The highest BCUT2D eigenvalue weighted by atomic mass is 35.5. The van der Waals surface area contributed by atoms with E-state index in [1.165, 1.54) is 7.11 Å². The van der Waals surface area contributed by atoms with E-state index in [2.05, 4.69) is 15.4 Å². The normalized spacial score (nSPS) is 9.83. The van der Waals surface area contributed by atoms with Crippen LogP contribution in [-0.2, 0) is 4.74 Å². The van der Waals surface area contributed by atoms with E-state index in [-0.39, 0.29) is 11.0 Å². The van der Waals surface area contributed by atoms with Gasteiger partial charge in [0.05, 0.1) is 12.7 Å². The first-order valence-corrected chi connectivity index (χ1v) is 7.34. The Hall–Kier alpha value is -2.44. The monoisotopic (exact) mass is 348 g/mol. The van der Waals surface area contributed by atoms with Crippen molar-refractivity contribution in [1.82, 2.24) is 5.32 Å². The van der Waals surface area contributed by atoms with Crippen molar-refractivity contribution in [3.8, 4) is 0 Å². The number of halogens is 1. The number of anilines is 1. The van der Waals surface area contributed by atoms with E-state index in [1.54, 1.807) is 48.5 Å². The van der Waals surface area contributed by atoms with Gasteiger partial charge in [0.2, 0.25) is 0 Å². The van der Waals surface area contributed by atoms with Crippen LogP contribution in [0.25, 0.3) is 0 Å². The molecule has 0 aliphatic rings. The number of thiocarbonyl (C=S) groups is 1. The number of ether oxygens (including phenoxy) is 1. The summed E-state index contributed by atoms with van der Waals surface area (Å²) in [6.07, 6.45) is 0. The second-order valence-electron chi connectivity index (χ2n) is 4.49. The van der Waals surface area contributed by atoms with E-state index in [0.717, 1.165) is 0 Å². The van der Waals surface area contributed by atoms with Gasteiger partial charge in [-0.25, -0.2) is 4.79 Å². The Bertz CT molecular complexity index is 747. The van der Waals surface area contributed by atoms with Crippen molar-refractivity contribution in [3.05, 3.63) is 64.7 Å². The summed E-state index contributed by atoms with van der Waals surface area (Å²) in [5, 5.41) is 6.05. The van der Waals surface area contributed by atoms with Gasteiger partial charge >= 0.3 is 5.97 Å². The fourth-order valence-corrected chi connectivity index (χ4v) is 2.12. The summed E-state index contributed by atoms with van der Waals surface area (Å²) in [6, 6.07) is 13.0. The van der Waals surface area contributed by atoms with Crippen LogP contribution in [0, 0.1) is 0 Å². The molecule has 0 saturated heterocycles. The third kappa shape index (κ3) is 4.77. The van der Waals surface area contributed by atoms with Crippen molar-refractivity contribution in [3.63, 3.8) is 0 Å². The Morgan fingerprint density at radius 1 is 1.09 bits per heavy atom. The van der Waals surface area contributed by atoms with Crippen molar-refractivity contribution in [2.24, 2.45) is 0 Å². The minimum Gasteiger partial charge on any atom is -0.465 e. The summed E-state index contributed by atoms with van der Waals surface area (Å²) in [6.45, 7) is 0. The lowest BCUT2D eigenvalue weighted by molar-refractivity contribution is 0.0600. The Kier molecular flexibility index (Phi) is 5.67. The molecular formula is C16H13ClN2O3S. The van der Waals surface area contributed by atoms with E-state index in [1.807, 2.05) is 0 Å². The average molecular weight is 349 g/mol. The fraction of sp³-hybridized carbons (Fsp3) is 0.0625. The first-order valence-electron chi connectivity index (χ1n) is 6.56. The zero-order chi connectivity index (χ0) is 16.8. The number of rotatable bonds is 3. The second kappa shape index (κ2) is 7.71. The first kappa shape index (κ1) is 16.9. The number of benzene rings is 2. The predicted octanol–water partition coefficient (Wildman–Crippen LogP) is 3.25. The molecule has 5 nitrogen and oxygen atoms in total. The van der Waals surface area contributed by atoms with E-state index in [9.17, 15) is 9.59 Å². The second-order valence-corrected chi connectivity index (χ2v) is 5.33. The van der Waals surface area contributed by atoms with E-state index >= 15 is 0 Å². The average Bonchev–Trinajstić information content (AvgIpc) is 2.54. The van der Waals surface area contributed by atoms with Crippen LogP contribution in [0.4, 0.5) is 5.69 Å². The van der Waals surface area contributed by atoms with Crippen LogP contribution < -0.4 is 10.6 Å². The van der Waals surface area contributed by atoms with Crippen LogP contribution in [0.3, 0.4) is 0 Å². The molecule has 0 aliphatic heterocycles. The van der Waals surface area contributed by atoms with Gasteiger partial charge in [0.25, 0.3) is 5.91 Å². The number of methoxy groups -OCH3 is 1. The van der Waals surface area contributed by atoms with Gasteiger partial charge < -0.3 is 10.1 Å². The number of carbonyl (C=O) groups is 2. The summed E-state index contributed by atoms with van der Waals surface area (Å²) in [7, 11) is 1.30. The molecular weight excluding hydrogens is 336 g/mol. The summed E-state index contributed by atoms with van der Waals surface area (Å²) >= 11 is 10.9. The highest BCUT2D eigenvalue weighted by molar-refractivity contribution is 7.80. The summed E-state index contributed by atoms with van der Waals surface area (Å²) in [4.78, 5) is 23.5. The quantitative estimate of drug-likeness (QED) is 0.658. The zero-order valence-corrected chi connectivity index (χ0v) is 13.7. The minimum atomic E-state index is -0.454. The number of hydrogen-bond donors (Lipinski definition) is 2. The first-order chi connectivity index (χ1) is 11.0. The Morgan fingerprint density at radius 2 is 1.78 bits per heavy atom. The van der Waals surface area contributed by atoms with Crippen molar-refractivity contribution >= 4 is 46.5 Å². The largest absolute Gasteiger partial charge is 0.465 e. The molecule has 2 N–H and O–H groups in total. The molecule has 0 atom stereocenters.